The van der Waals surface area contributed by atoms with Gasteiger partial charge in [0.1, 0.15) is 5.52 Å². The van der Waals surface area contributed by atoms with Crippen molar-refractivity contribution in [2.75, 3.05) is 0 Å². The number of carbonyl (C=O) groups excluding carboxylic acids is 1. The minimum atomic E-state index is -0.341. The van der Waals surface area contributed by atoms with Crippen LogP contribution in [0.1, 0.15) is 12.6 Å². The Morgan fingerprint density at radius 1 is 1.31 bits per heavy atom. The third-order valence-corrected chi connectivity index (χ3v) is 2.85. The minimum Gasteiger partial charge on any atom is -0.424 e. The Balaban J connectivity index is 2.70. The summed E-state index contributed by atoms with van der Waals surface area (Å²) in [6, 6.07) is 7.46. The Morgan fingerprint density at radius 3 is 2.75 bits per heavy atom. The van der Waals surface area contributed by atoms with Crippen LogP contribution in [0.5, 0.6) is 5.75 Å². The number of hydrogen-bond donors (Lipinski definition) is 0. The number of aryl methyl sites for hydroxylation is 1. The summed E-state index contributed by atoms with van der Waals surface area (Å²) < 4.78 is 6.05. The SMILES string of the molecule is CC(=O)Oc1ccc(Br)c2ccc(C)nc12. The first-order chi connectivity index (χ1) is 7.58. The first-order valence-corrected chi connectivity index (χ1v) is 5.61. The molecule has 1 heterocycles. The second-order valence-electron chi connectivity index (χ2n) is 3.49. The maximum atomic E-state index is 11.0. The molecule has 82 valence electrons. The largest absolute Gasteiger partial charge is 0.424 e. The molecular formula is C12H10BrNO2. The Morgan fingerprint density at radius 2 is 2.06 bits per heavy atom. The van der Waals surface area contributed by atoms with E-state index < -0.39 is 0 Å². The zero-order valence-corrected chi connectivity index (χ0v) is 10.5. The highest BCUT2D eigenvalue weighted by Gasteiger charge is 2.08. The maximum Gasteiger partial charge on any atom is 0.308 e. The number of rotatable bonds is 1. The fourth-order valence-corrected chi connectivity index (χ4v) is 1.94. The van der Waals surface area contributed by atoms with E-state index >= 15 is 0 Å². The van der Waals surface area contributed by atoms with Crippen LogP contribution >= 0.6 is 15.9 Å². The van der Waals surface area contributed by atoms with Crippen LogP contribution in [0.25, 0.3) is 10.9 Å². The lowest BCUT2D eigenvalue weighted by Gasteiger charge is -2.07. The van der Waals surface area contributed by atoms with Crippen molar-refractivity contribution < 1.29 is 9.53 Å². The summed E-state index contributed by atoms with van der Waals surface area (Å²) in [5.41, 5.74) is 1.59. The summed E-state index contributed by atoms with van der Waals surface area (Å²) in [6.07, 6.45) is 0. The number of nitrogens with zero attached hydrogens (tertiary/aromatic N) is 1. The molecule has 0 aliphatic rings. The van der Waals surface area contributed by atoms with E-state index in [0.717, 1.165) is 15.6 Å². The van der Waals surface area contributed by atoms with Gasteiger partial charge in [-0.3, -0.25) is 4.79 Å². The Hall–Kier alpha value is -1.42. The topological polar surface area (TPSA) is 39.2 Å². The van der Waals surface area contributed by atoms with Crippen LogP contribution in [0.3, 0.4) is 0 Å². The molecule has 2 aromatic rings. The highest BCUT2D eigenvalue weighted by molar-refractivity contribution is 9.10. The van der Waals surface area contributed by atoms with Crippen LogP contribution in [0.15, 0.2) is 28.7 Å². The summed E-state index contributed by atoms with van der Waals surface area (Å²) >= 11 is 3.44. The lowest BCUT2D eigenvalue weighted by atomic mass is 10.2. The van der Waals surface area contributed by atoms with Crippen molar-refractivity contribution in [3.63, 3.8) is 0 Å². The molecule has 4 heteroatoms. The number of fused-ring (bicyclic) bond motifs is 1. The molecule has 2 rings (SSSR count). The van der Waals surface area contributed by atoms with E-state index in [1.807, 2.05) is 25.1 Å². The van der Waals surface area contributed by atoms with Crippen LogP contribution in [0.4, 0.5) is 0 Å². The molecule has 0 atom stereocenters. The van der Waals surface area contributed by atoms with Gasteiger partial charge in [-0.15, -0.1) is 0 Å². The number of pyridine rings is 1. The zero-order valence-electron chi connectivity index (χ0n) is 8.95. The summed E-state index contributed by atoms with van der Waals surface area (Å²) in [4.78, 5) is 15.3. The molecule has 0 aliphatic carbocycles. The van der Waals surface area contributed by atoms with Crippen molar-refractivity contribution >= 4 is 32.8 Å². The smallest absolute Gasteiger partial charge is 0.308 e. The van der Waals surface area contributed by atoms with Gasteiger partial charge in [-0.1, -0.05) is 15.9 Å². The number of carbonyl (C=O) groups is 1. The molecule has 0 bridgehead atoms. The lowest BCUT2D eigenvalue weighted by Crippen LogP contribution is -2.02. The van der Waals surface area contributed by atoms with Crippen LogP contribution in [0, 0.1) is 6.92 Å². The van der Waals surface area contributed by atoms with Gasteiger partial charge in [0.2, 0.25) is 0 Å². The summed E-state index contributed by atoms with van der Waals surface area (Å²) in [6.45, 7) is 3.28. The molecule has 16 heavy (non-hydrogen) atoms. The van der Waals surface area contributed by atoms with Crippen LogP contribution in [-0.4, -0.2) is 11.0 Å². The van der Waals surface area contributed by atoms with Gasteiger partial charge in [0.05, 0.1) is 0 Å². The number of halogens is 1. The Labute approximate surface area is 102 Å². The van der Waals surface area contributed by atoms with Crippen molar-refractivity contribution in [2.24, 2.45) is 0 Å². The van der Waals surface area contributed by atoms with E-state index in [1.54, 1.807) is 6.07 Å². The van der Waals surface area contributed by atoms with E-state index in [0.29, 0.717) is 11.3 Å². The Bertz CT molecular complexity index is 566. The second-order valence-corrected chi connectivity index (χ2v) is 4.34. The standard InChI is InChI=1S/C12H10BrNO2/c1-7-3-4-9-10(13)5-6-11(12(9)14-7)16-8(2)15/h3-6H,1-2H3. The van der Waals surface area contributed by atoms with Crippen molar-refractivity contribution in [1.29, 1.82) is 0 Å². The van der Waals surface area contributed by atoms with Gasteiger partial charge in [0, 0.05) is 22.5 Å². The first-order valence-electron chi connectivity index (χ1n) is 4.82. The molecule has 3 nitrogen and oxygen atoms in total. The molecule has 0 saturated carbocycles. The molecule has 1 aromatic heterocycles. The van der Waals surface area contributed by atoms with Gasteiger partial charge >= 0.3 is 5.97 Å². The maximum absolute atomic E-state index is 11.0. The zero-order chi connectivity index (χ0) is 11.7. The van der Waals surface area contributed by atoms with E-state index in [-0.39, 0.29) is 5.97 Å². The number of benzene rings is 1. The van der Waals surface area contributed by atoms with Gasteiger partial charge in [0.15, 0.2) is 5.75 Å². The molecule has 0 aliphatic heterocycles. The van der Waals surface area contributed by atoms with Crippen molar-refractivity contribution in [1.82, 2.24) is 4.98 Å². The summed E-state index contributed by atoms with van der Waals surface area (Å²) in [5, 5.41) is 0.935. The average Bonchev–Trinajstić information content (AvgIpc) is 2.22. The van der Waals surface area contributed by atoms with Gasteiger partial charge in [0.25, 0.3) is 0 Å². The fraction of sp³-hybridized carbons (Fsp3) is 0.167. The molecule has 0 amide bonds. The molecule has 0 spiro atoms. The average molecular weight is 280 g/mol. The first kappa shape index (κ1) is 11.1. The number of aromatic nitrogens is 1. The molecular weight excluding hydrogens is 270 g/mol. The molecule has 1 aromatic carbocycles. The third-order valence-electron chi connectivity index (χ3n) is 2.16. The summed E-state index contributed by atoms with van der Waals surface area (Å²) in [5.74, 6) is 0.154. The molecule has 0 saturated heterocycles. The normalized spacial score (nSPS) is 10.4. The fourth-order valence-electron chi connectivity index (χ4n) is 1.49. The van der Waals surface area contributed by atoms with Crippen LogP contribution < -0.4 is 4.74 Å². The number of ether oxygens (including phenoxy) is 1. The van der Waals surface area contributed by atoms with E-state index in [1.165, 1.54) is 6.92 Å². The third kappa shape index (κ3) is 2.07. The predicted octanol–water partition coefficient (Wildman–Crippen LogP) is 3.23. The molecule has 0 fully saturated rings. The number of hydrogen-bond acceptors (Lipinski definition) is 3. The van der Waals surface area contributed by atoms with Crippen LogP contribution in [0.2, 0.25) is 0 Å². The van der Waals surface area contributed by atoms with Gasteiger partial charge in [-0.25, -0.2) is 4.98 Å². The Kier molecular flexibility index (Phi) is 2.92. The predicted molar refractivity (Wildman–Crippen MR) is 65.5 cm³/mol. The monoisotopic (exact) mass is 279 g/mol. The quantitative estimate of drug-likeness (QED) is 0.594. The highest BCUT2D eigenvalue weighted by Crippen LogP contribution is 2.30. The van der Waals surface area contributed by atoms with E-state index in [2.05, 4.69) is 20.9 Å². The summed E-state index contributed by atoms with van der Waals surface area (Å²) in [7, 11) is 0. The van der Waals surface area contributed by atoms with Gasteiger partial charge in [-0.2, -0.15) is 0 Å². The lowest BCUT2D eigenvalue weighted by molar-refractivity contribution is -0.131. The molecule has 0 N–H and O–H groups in total. The molecule has 0 radical (unpaired) electrons. The van der Waals surface area contributed by atoms with E-state index in [9.17, 15) is 4.79 Å². The molecule has 0 unspecified atom stereocenters. The van der Waals surface area contributed by atoms with Crippen molar-refractivity contribution in [3.05, 3.63) is 34.4 Å². The van der Waals surface area contributed by atoms with Crippen molar-refractivity contribution in [2.45, 2.75) is 13.8 Å². The highest BCUT2D eigenvalue weighted by atomic mass is 79.9. The minimum absolute atomic E-state index is 0.341. The number of esters is 1. The van der Waals surface area contributed by atoms with Crippen molar-refractivity contribution in [3.8, 4) is 5.75 Å². The second kappa shape index (κ2) is 4.22. The van der Waals surface area contributed by atoms with Gasteiger partial charge in [-0.05, 0) is 31.2 Å². The van der Waals surface area contributed by atoms with Crippen LogP contribution in [-0.2, 0) is 4.79 Å². The van der Waals surface area contributed by atoms with Gasteiger partial charge < -0.3 is 4.74 Å². The van der Waals surface area contributed by atoms with E-state index in [4.69, 9.17) is 4.74 Å².